The van der Waals surface area contributed by atoms with Gasteiger partial charge in [0, 0.05) is 29.7 Å². The van der Waals surface area contributed by atoms with Crippen molar-refractivity contribution in [3.05, 3.63) is 82.0 Å². The van der Waals surface area contributed by atoms with E-state index >= 15 is 4.39 Å². The Bertz CT molecular complexity index is 1280. The largest absolute Gasteiger partial charge is 0.378 e. The summed E-state index contributed by atoms with van der Waals surface area (Å²) in [6.45, 7) is 1.55. The van der Waals surface area contributed by atoms with E-state index < -0.39 is 23.5 Å². The first-order chi connectivity index (χ1) is 16.2. The van der Waals surface area contributed by atoms with Gasteiger partial charge in [-0.3, -0.25) is 4.79 Å². The number of pyridine rings is 1. The third-order valence-electron chi connectivity index (χ3n) is 5.56. The summed E-state index contributed by atoms with van der Waals surface area (Å²) in [5, 5.41) is 10.8. The molecule has 0 spiro atoms. The van der Waals surface area contributed by atoms with E-state index in [1.165, 1.54) is 66.9 Å². The van der Waals surface area contributed by atoms with Crippen molar-refractivity contribution in [3.63, 3.8) is 0 Å². The molecule has 1 aromatic carbocycles. The predicted molar refractivity (Wildman–Crippen MR) is 125 cm³/mol. The number of methoxy groups -OCH3 is 1. The van der Waals surface area contributed by atoms with E-state index in [1.54, 1.807) is 6.92 Å². The van der Waals surface area contributed by atoms with E-state index in [-0.39, 0.29) is 39.1 Å². The van der Waals surface area contributed by atoms with Crippen LogP contribution in [0, 0.1) is 5.82 Å². The van der Waals surface area contributed by atoms with Gasteiger partial charge in [-0.25, -0.2) is 13.8 Å². The van der Waals surface area contributed by atoms with Gasteiger partial charge in [0.15, 0.2) is 11.5 Å². The molecule has 1 amide bonds. The summed E-state index contributed by atoms with van der Waals surface area (Å²) >= 11 is 12.7. The maximum absolute atomic E-state index is 16.4. The van der Waals surface area contributed by atoms with Gasteiger partial charge in [0.1, 0.15) is 5.82 Å². The number of nitrogens with one attached hydrogen (secondary N) is 1. The Labute approximate surface area is 204 Å². The van der Waals surface area contributed by atoms with Gasteiger partial charge < -0.3 is 10.1 Å². The van der Waals surface area contributed by atoms with Crippen LogP contribution in [0.1, 0.15) is 18.9 Å². The second-order valence-electron chi connectivity index (χ2n) is 7.61. The van der Waals surface area contributed by atoms with E-state index in [1.807, 2.05) is 0 Å². The van der Waals surface area contributed by atoms with Crippen LogP contribution >= 0.6 is 23.2 Å². The average Bonchev–Trinajstić information content (AvgIpc) is 3.35. The number of hydrogen-bond acceptors (Lipinski definition) is 5. The number of alkyl halides is 1. The van der Waals surface area contributed by atoms with E-state index in [9.17, 15) is 9.18 Å². The van der Waals surface area contributed by atoms with Crippen LogP contribution in [0.25, 0.3) is 11.4 Å². The molecule has 1 N–H and O–H groups in total. The molecule has 0 aliphatic heterocycles. The van der Waals surface area contributed by atoms with Crippen molar-refractivity contribution in [1.82, 2.24) is 20.0 Å². The highest BCUT2D eigenvalue weighted by atomic mass is 35.5. The highest BCUT2D eigenvalue weighted by Gasteiger charge is 2.46. The minimum atomic E-state index is -2.09. The first-order valence-corrected chi connectivity index (χ1v) is 10.9. The third-order valence-corrected chi connectivity index (χ3v) is 6.17. The van der Waals surface area contributed by atoms with Crippen LogP contribution in [0.4, 0.5) is 14.5 Å². The first-order valence-electron chi connectivity index (χ1n) is 10.1. The fourth-order valence-electron chi connectivity index (χ4n) is 3.64. The maximum atomic E-state index is 16.4. The molecule has 2 atom stereocenters. The Kier molecular flexibility index (Phi) is 6.79. The van der Waals surface area contributed by atoms with Gasteiger partial charge in [-0.2, -0.15) is 10.2 Å². The van der Waals surface area contributed by atoms with Gasteiger partial charge in [-0.05, 0) is 36.8 Å². The summed E-state index contributed by atoms with van der Waals surface area (Å²) in [5.41, 5.74) is -1.16. The number of halogens is 4. The molecule has 176 valence electrons. The Morgan fingerprint density at radius 1 is 1.24 bits per heavy atom. The molecule has 3 aromatic rings. The molecule has 0 fully saturated rings. The standard InChI is InChI=1S/C23H19Cl2F2N5O2/c1-13(34-2)23(27)11-17(19(24)10-18(23)14-3-5-15(26)6-4-14)22(33)31-16-9-20(25)21(28-12-16)32-29-7-8-30-32/h3-10,12-13H,11H2,1-2H3,(H,31,33). The molecule has 4 rings (SSSR count). The number of amides is 1. The molecule has 0 saturated heterocycles. The molecule has 2 heterocycles. The zero-order chi connectivity index (χ0) is 24.5. The van der Waals surface area contributed by atoms with E-state index in [0.29, 0.717) is 5.56 Å². The number of carbonyl (C=O) groups excluding carboxylic acids is 1. The average molecular weight is 506 g/mol. The van der Waals surface area contributed by atoms with Gasteiger partial charge in [-0.1, -0.05) is 35.3 Å². The molecule has 0 bridgehead atoms. The van der Waals surface area contributed by atoms with Gasteiger partial charge in [0.25, 0.3) is 5.91 Å². The highest BCUT2D eigenvalue weighted by molar-refractivity contribution is 6.35. The summed E-state index contributed by atoms with van der Waals surface area (Å²) in [5.74, 6) is -0.788. The lowest BCUT2D eigenvalue weighted by molar-refractivity contribution is -0.113. The number of aromatic nitrogens is 4. The number of benzene rings is 1. The molecule has 11 heteroatoms. The van der Waals surface area contributed by atoms with Crippen LogP contribution in [0.2, 0.25) is 5.02 Å². The number of nitrogens with zero attached hydrogens (tertiary/aromatic N) is 4. The summed E-state index contributed by atoms with van der Waals surface area (Å²) in [7, 11) is 1.37. The highest BCUT2D eigenvalue weighted by Crippen LogP contribution is 2.45. The van der Waals surface area contributed by atoms with Crippen molar-refractivity contribution >= 4 is 40.4 Å². The third kappa shape index (κ3) is 4.59. The molecule has 34 heavy (non-hydrogen) atoms. The molecule has 2 unspecified atom stereocenters. The van der Waals surface area contributed by atoms with Crippen molar-refractivity contribution < 1.29 is 18.3 Å². The van der Waals surface area contributed by atoms with Crippen LogP contribution in [-0.2, 0) is 9.53 Å². The molecular weight excluding hydrogens is 487 g/mol. The van der Waals surface area contributed by atoms with E-state index in [2.05, 4.69) is 20.5 Å². The SMILES string of the molecule is COC(C)C1(F)CC(C(=O)Nc2cnc(-n3nccn3)c(Cl)c2)=C(Cl)C=C1c1ccc(F)cc1. The number of ether oxygens (including phenoxy) is 1. The van der Waals surface area contributed by atoms with Gasteiger partial charge in [0.2, 0.25) is 0 Å². The molecule has 7 nitrogen and oxygen atoms in total. The predicted octanol–water partition coefficient (Wildman–Crippen LogP) is 5.12. The van der Waals surface area contributed by atoms with Gasteiger partial charge in [0.05, 0.1) is 35.4 Å². The van der Waals surface area contributed by atoms with Crippen molar-refractivity contribution in [2.45, 2.75) is 25.1 Å². The van der Waals surface area contributed by atoms with Crippen LogP contribution in [0.5, 0.6) is 0 Å². The summed E-state index contributed by atoms with van der Waals surface area (Å²) in [4.78, 5) is 18.5. The van der Waals surface area contributed by atoms with Crippen molar-refractivity contribution in [3.8, 4) is 5.82 Å². The maximum Gasteiger partial charge on any atom is 0.253 e. The topological polar surface area (TPSA) is 81.9 Å². The van der Waals surface area contributed by atoms with Crippen molar-refractivity contribution in [1.29, 1.82) is 0 Å². The second-order valence-corrected chi connectivity index (χ2v) is 8.43. The Balaban J connectivity index is 1.65. The van der Waals surface area contributed by atoms with Crippen molar-refractivity contribution in [2.24, 2.45) is 0 Å². The molecule has 2 aromatic heterocycles. The lowest BCUT2D eigenvalue weighted by atomic mass is 9.77. The summed E-state index contributed by atoms with van der Waals surface area (Å²) in [6, 6.07) is 6.84. The minimum absolute atomic E-state index is 0.0212. The lowest BCUT2D eigenvalue weighted by Crippen LogP contribution is -2.42. The van der Waals surface area contributed by atoms with Crippen LogP contribution < -0.4 is 5.32 Å². The minimum Gasteiger partial charge on any atom is -0.378 e. The number of carbonyl (C=O) groups is 1. The number of allylic oxidation sites excluding steroid dienone is 2. The van der Waals surface area contributed by atoms with Crippen LogP contribution in [-0.4, -0.2) is 44.8 Å². The molecule has 0 radical (unpaired) electrons. The van der Waals surface area contributed by atoms with Gasteiger partial charge in [-0.15, -0.1) is 4.80 Å². The Morgan fingerprint density at radius 3 is 2.53 bits per heavy atom. The van der Waals surface area contributed by atoms with Gasteiger partial charge >= 0.3 is 0 Å². The number of anilines is 1. The number of rotatable bonds is 6. The number of hydrogen-bond donors (Lipinski definition) is 1. The Morgan fingerprint density at radius 2 is 1.91 bits per heavy atom. The monoisotopic (exact) mass is 505 g/mol. The van der Waals surface area contributed by atoms with Crippen LogP contribution in [0.15, 0.2) is 65.6 Å². The quantitative estimate of drug-likeness (QED) is 0.502. The zero-order valence-electron chi connectivity index (χ0n) is 18.1. The molecule has 1 aliphatic rings. The zero-order valence-corrected chi connectivity index (χ0v) is 19.6. The molecule has 1 aliphatic carbocycles. The summed E-state index contributed by atoms with van der Waals surface area (Å²) in [6.07, 6.45) is 4.42. The smallest absolute Gasteiger partial charge is 0.253 e. The molecule has 0 saturated carbocycles. The van der Waals surface area contributed by atoms with Crippen molar-refractivity contribution in [2.75, 3.05) is 12.4 Å². The van der Waals surface area contributed by atoms with E-state index in [4.69, 9.17) is 27.9 Å². The fourth-order valence-corrected chi connectivity index (χ4v) is 4.14. The second kappa shape index (κ2) is 9.61. The fraction of sp³-hybridized carbons (Fsp3) is 0.217. The molecular formula is C23H19Cl2F2N5O2. The first kappa shape index (κ1) is 24.0. The van der Waals surface area contributed by atoms with E-state index in [0.717, 1.165) is 0 Å². The lowest BCUT2D eigenvalue weighted by Gasteiger charge is -2.36. The van der Waals surface area contributed by atoms with Crippen LogP contribution in [0.3, 0.4) is 0 Å². The summed E-state index contributed by atoms with van der Waals surface area (Å²) < 4.78 is 35.1. The normalized spacial score (nSPS) is 19.1. The Hall–Kier alpha value is -3.14.